The van der Waals surface area contributed by atoms with Gasteiger partial charge in [0.2, 0.25) is 10.0 Å². The van der Waals surface area contributed by atoms with Crippen LogP contribution in [0.2, 0.25) is 0 Å². The number of allylic oxidation sites excluding steroid dienone is 3. The Morgan fingerprint density at radius 1 is 0.969 bits per heavy atom. The molecule has 1 aliphatic rings. The van der Waals surface area contributed by atoms with Crippen LogP contribution in [0.3, 0.4) is 0 Å². The maximum absolute atomic E-state index is 13.3. The van der Waals surface area contributed by atoms with E-state index in [0.29, 0.717) is 11.3 Å². The van der Waals surface area contributed by atoms with Crippen molar-refractivity contribution < 1.29 is 22.7 Å². The van der Waals surface area contributed by atoms with Crippen LogP contribution in [-0.2, 0) is 24.3 Å². The molecule has 2 aromatic rings. The number of hydrogen-bond donors (Lipinski definition) is 0. The molecule has 0 aliphatic carbocycles. The van der Waals surface area contributed by atoms with Crippen LogP contribution in [0.25, 0.3) is 5.57 Å². The molecule has 1 aliphatic heterocycles. The number of sulfonamides is 1. The average Bonchev–Trinajstić information content (AvgIpc) is 2.79. The molecule has 0 amide bonds. The molecule has 0 spiro atoms. The predicted octanol–water partition coefficient (Wildman–Crippen LogP) is 4.05. The van der Waals surface area contributed by atoms with E-state index in [1.165, 1.54) is 35.5 Å². The molecule has 7 heteroatoms. The largest absolute Gasteiger partial charge is 0.426 e. The highest BCUT2D eigenvalue weighted by atomic mass is 32.2. The van der Waals surface area contributed by atoms with Crippen molar-refractivity contribution in [3.63, 3.8) is 0 Å². The Morgan fingerprint density at radius 3 is 2.28 bits per heavy atom. The zero-order valence-electron chi connectivity index (χ0n) is 18.0. The molecule has 0 atom stereocenters. The lowest BCUT2D eigenvalue weighted by atomic mass is 10.0. The molecule has 0 saturated carbocycles. The van der Waals surface area contributed by atoms with E-state index in [-0.39, 0.29) is 30.2 Å². The van der Waals surface area contributed by atoms with Gasteiger partial charge in [-0.3, -0.25) is 9.59 Å². The normalized spacial score (nSPS) is 20.2. The molecule has 0 bridgehead atoms. The van der Waals surface area contributed by atoms with Gasteiger partial charge in [0.05, 0.1) is 11.4 Å². The zero-order chi connectivity index (χ0) is 23.1. The van der Waals surface area contributed by atoms with Crippen molar-refractivity contribution in [2.45, 2.75) is 25.2 Å². The quantitative estimate of drug-likeness (QED) is 0.656. The second-order valence-electron chi connectivity index (χ2n) is 7.39. The summed E-state index contributed by atoms with van der Waals surface area (Å²) in [4.78, 5) is 24.3. The third-order valence-corrected chi connectivity index (χ3v) is 6.78. The molecule has 0 fully saturated rings. The lowest BCUT2D eigenvalue weighted by Crippen LogP contribution is -2.36. The van der Waals surface area contributed by atoms with Gasteiger partial charge in [-0.25, -0.2) is 8.42 Å². The molecule has 6 nitrogen and oxygen atoms in total. The van der Waals surface area contributed by atoms with Crippen molar-refractivity contribution in [1.82, 2.24) is 4.31 Å². The van der Waals surface area contributed by atoms with Gasteiger partial charge < -0.3 is 4.74 Å². The minimum Gasteiger partial charge on any atom is -0.426 e. The van der Waals surface area contributed by atoms with Crippen molar-refractivity contribution in [2.75, 3.05) is 13.1 Å². The summed E-state index contributed by atoms with van der Waals surface area (Å²) < 4.78 is 33.3. The molecular weight excluding hydrogens is 426 g/mol. The van der Waals surface area contributed by atoms with Crippen molar-refractivity contribution in [1.29, 1.82) is 0 Å². The molecule has 0 unspecified atom stereocenters. The van der Waals surface area contributed by atoms with Gasteiger partial charge in [0.1, 0.15) is 5.76 Å². The summed E-state index contributed by atoms with van der Waals surface area (Å²) in [6, 6.07) is 15.8. The number of ketones is 1. The van der Waals surface area contributed by atoms with E-state index in [1.807, 2.05) is 37.3 Å². The SMILES string of the molecule is CC(=O)OC1=C(/c2ccccc2)CCN(S(=O)(=O)c2ccc(C)cc2)CC(=O)\C=C/C=C\1. The predicted molar refractivity (Wildman–Crippen MR) is 123 cm³/mol. The first-order chi connectivity index (χ1) is 15.3. The van der Waals surface area contributed by atoms with Gasteiger partial charge in [0, 0.05) is 19.0 Å². The smallest absolute Gasteiger partial charge is 0.308 e. The van der Waals surface area contributed by atoms with Crippen LogP contribution in [-0.4, -0.2) is 37.6 Å². The van der Waals surface area contributed by atoms with Crippen LogP contribution >= 0.6 is 0 Å². The number of rotatable bonds is 4. The second-order valence-corrected chi connectivity index (χ2v) is 9.33. The van der Waals surface area contributed by atoms with Crippen LogP contribution in [0, 0.1) is 6.92 Å². The summed E-state index contributed by atoms with van der Waals surface area (Å²) in [5.41, 5.74) is 2.41. The number of ether oxygens (including phenoxy) is 1. The van der Waals surface area contributed by atoms with Gasteiger partial charge in [-0.15, -0.1) is 0 Å². The molecule has 2 aromatic carbocycles. The van der Waals surface area contributed by atoms with Crippen molar-refractivity contribution in [3.8, 4) is 0 Å². The van der Waals surface area contributed by atoms with Crippen molar-refractivity contribution >= 4 is 27.3 Å². The summed E-state index contributed by atoms with van der Waals surface area (Å²) >= 11 is 0. The van der Waals surface area contributed by atoms with Gasteiger partial charge in [-0.2, -0.15) is 4.31 Å². The third kappa shape index (κ3) is 5.90. The highest BCUT2D eigenvalue weighted by Gasteiger charge is 2.27. The summed E-state index contributed by atoms with van der Waals surface area (Å²) in [5.74, 6) is -0.518. The van der Waals surface area contributed by atoms with Crippen LogP contribution in [0.4, 0.5) is 0 Å². The first-order valence-corrected chi connectivity index (χ1v) is 11.6. The van der Waals surface area contributed by atoms with E-state index < -0.39 is 16.0 Å². The van der Waals surface area contributed by atoms with Crippen molar-refractivity contribution in [3.05, 3.63) is 95.8 Å². The highest BCUT2D eigenvalue weighted by molar-refractivity contribution is 7.89. The number of benzene rings is 2. The fourth-order valence-corrected chi connectivity index (χ4v) is 4.72. The maximum Gasteiger partial charge on any atom is 0.308 e. The van der Waals surface area contributed by atoms with E-state index in [0.717, 1.165) is 11.1 Å². The Hall–Kier alpha value is -3.29. The second kappa shape index (κ2) is 10.3. The fraction of sp³-hybridized carbons (Fsp3) is 0.200. The van der Waals surface area contributed by atoms with Gasteiger partial charge in [-0.1, -0.05) is 60.2 Å². The van der Waals surface area contributed by atoms with E-state index in [2.05, 4.69) is 0 Å². The molecule has 0 saturated heterocycles. The Kier molecular flexibility index (Phi) is 7.56. The molecule has 0 aromatic heterocycles. The van der Waals surface area contributed by atoms with Gasteiger partial charge >= 0.3 is 5.97 Å². The first kappa shape index (κ1) is 23.4. The minimum atomic E-state index is -3.91. The first-order valence-electron chi connectivity index (χ1n) is 10.2. The Bertz CT molecular complexity index is 1180. The standard InChI is InChI=1S/C25H25NO5S/c1-19-12-14-23(15-13-19)32(29,30)26-17-16-24(21-8-4-3-5-9-21)25(31-20(2)27)11-7-6-10-22(28)18-26/h3-15H,16-18H2,1-2H3/b10-6-,11-7-,25-24+. The number of carbonyl (C=O) groups excluding carboxylic acids is 2. The third-order valence-electron chi connectivity index (χ3n) is 4.92. The van der Waals surface area contributed by atoms with E-state index in [1.54, 1.807) is 24.3 Å². The minimum absolute atomic E-state index is 0.0403. The average molecular weight is 452 g/mol. The lowest BCUT2D eigenvalue weighted by Gasteiger charge is -2.22. The highest BCUT2D eigenvalue weighted by Crippen LogP contribution is 2.27. The molecule has 0 radical (unpaired) electrons. The van der Waals surface area contributed by atoms with E-state index in [4.69, 9.17) is 4.74 Å². The van der Waals surface area contributed by atoms with Crippen molar-refractivity contribution in [2.24, 2.45) is 0 Å². The van der Waals surface area contributed by atoms with Gasteiger partial charge in [0.15, 0.2) is 5.78 Å². The summed E-state index contributed by atoms with van der Waals surface area (Å²) in [6.07, 6.45) is 6.28. The summed E-state index contributed by atoms with van der Waals surface area (Å²) in [7, 11) is -3.91. The number of aryl methyl sites for hydroxylation is 1. The lowest BCUT2D eigenvalue weighted by molar-refractivity contribution is -0.136. The Balaban J connectivity index is 2.07. The van der Waals surface area contributed by atoms with Gasteiger partial charge in [-0.05, 0) is 43.2 Å². The molecule has 166 valence electrons. The van der Waals surface area contributed by atoms with Crippen LogP contribution < -0.4 is 0 Å². The number of hydrogen-bond acceptors (Lipinski definition) is 5. The monoisotopic (exact) mass is 451 g/mol. The number of carbonyl (C=O) groups is 2. The van der Waals surface area contributed by atoms with E-state index in [9.17, 15) is 18.0 Å². The molecule has 1 heterocycles. The Labute approximate surface area is 188 Å². The fourth-order valence-electron chi connectivity index (χ4n) is 3.31. The summed E-state index contributed by atoms with van der Waals surface area (Å²) in [5, 5.41) is 0. The van der Waals surface area contributed by atoms with Gasteiger partial charge in [0.25, 0.3) is 0 Å². The summed E-state index contributed by atoms with van der Waals surface area (Å²) in [6.45, 7) is 2.94. The zero-order valence-corrected chi connectivity index (χ0v) is 18.8. The van der Waals surface area contributed by atoms with Crippen LogP contribution in [0.5, 0.6) is 0 Å². The number of nitrogens with zero attached hydrogens (tertiary/aromatic N) is 1. The maximum atomic E-state index is 13.3. The Morgan fingerprint density at radius 2 is 1.62 bits per heavy atom. The van der Waals surface area contributed by atoms with E-state index >= 15 is 0 Å². The topological polar surface area (TPSA) is 80.8 Å². The molecule has 3 rings (SSSR count). The number of esters is 1. The molecular formula is C25H25NO5S. The molecule has 0 N–H and O–H groups in total. The molecule has 32 heavy (non-hydrogen) atoms. The van der Waals surface area contributed by atoms with Crippen LogP contribution in [0.1, 0.15) is 24.5 Å². The van der Waals surface area contributed by atoms with Crippen LogP contribution in [0.15, 0.2) is 89.6 Å².